The summed E-state index contributed by atoms with van der Waals surface area (Å²) in [4.78, 5) is 3.86. The highest BCUT2D eigenvalue weighted by atomic mass is 15.0. The Morgan fingerprint density at radius 2 is 1.53 bits per heavy atom. The van der Waals surface area contributed by atoms with E-state index in [9.17, 15) is 0 Å². The van der Waals surface area contributed by atoms with Crippen LogP contribution < -0.4 is 0 Å². The van der Waals surface area contributed by atoms with Gasteiger partial charge in [-0.05, 0) is 6.92 Å². The largest absolute Gasteiger partial charge is 0.338 e. The molecule has 1 aromatic heterocycles. The summed E-state index contributed by atoms with van der Waals surface area (Å²) >= 11 is 0. The second-order valence-electron chi connectivity index (χ2n) is 3.81. The third-order valence-electron chi connectivity index (χ3n) is 2.38. The van der Waals surface area contributed by atoms with Crippen molar-refractivity contribution in [2.45, 2.75) is 65.8 Å². The van der Waals surface area contributed by atoms with Crippen molar-refractivity contribution >= 4 is 0 Å². The van der Waals surface area contributed by atoms with Crippen molar-refractivity contribution in [3.8, 4) is 0 Å². The van der Waals surface area contributed by atoms with Crippen LogP contribution in [0, 0.1) is 0 Å². The van der Waals surface area contributed by atoms with E-state index in [1.54, 1.807) is 12.5 Å². The summed E-state index contributed by atoms with van der Waals surface area (Å²) in [6.45, 7) is 7.61. The van der Waals surface area contributed by atoms with Crippen LogP contribution in [0.2, 0.25) is 0 Å². The highest BCUT2D eigenvalue weighted by Gasteiger charge is 1.83. The lowest BCUT2D eigenvalue weighted by Crippen LogP contribution is -1.85. The monoisotopic (exact) mass is 210 g/mol. The van der Waals surface area contributed by atoms with Crippen LogP contribution in [0.15, 0.2) is 18.7 Å². The van der Waals surface area contributed by atoms with Crippen LogP contribution in [0.25, 0.3) is 0 Å². The van der Waals surface area contributed by atoms with Crippen LogP contribution in [0.4, 0.5) is 0 Å². The molecule has 0 aromatic carbocycles. The molecule has 1 aromatic rings. The van der Waals surface area contributed by atoms with E-state index in [1.807, 2.05) is 10.8 Å². The van der Waals surface area contributed by atoms with Gasteiger partial charge in [-0.3, -0.25) is 0 Å². The predicted molar refractivity (Wildman–Crippen MR) is 67.0 cm³/mol. The summed E-state index contributed by atoms with van der Waals surface area (Å²) in [7, 11) is 0. The van der Waals surface area contributed by atoms with Gasteiger partial charge in [-0.25, -0.2) is 4.98 Å². The zero-order chi connectivity index (χ0) is 11.4. The Bertz CT molecular complexity index is 186. The third-order valence-corrected chi connectivity index (χ3v) is 2.38. The smallest absolute Gasteiger partial charge is 0.0945 e. The molecular formula is C13H26N2. The first-order valence-electron chi connectivity index (χ1n) is 6.30. The van der Waals surface area contributed by atoms with Crippen LogP contribution in [0.5, 0.6) is 0 Å². The Balaban J connectivity index is 0.000000262. The minimum atomic E-state index is 1.01. The second-order valence-corrected chi connectivity index (χ2v) is 3.81. The molecule has 88 valence electrons. The van der Waals surface area contributed by atoms with Crippen LogP contribution in [0.3, 0.4) is 0 Å². The topological polar surface area (TPSA) is 17.8 Å². The van der Waals surface area contributed by atoms with Crippen LogP contribution in [0.1, 0.15) is 59.3 Å². The summed E-state index contributed by atoms with van der Waals surface area (Å²) in [5, 5.41) is 0. The summed E-state index contributed by atoms with van der Waals surface area (Å²) in [5.74, 6) is 0. The van der Waals surface area contributed by atoms with E-state index in [-0.39, 0.29) is 0 Å². The molecule has 0 spiro atoms. The fourth-order valence-corrected chi connectivity index (χ4v) is 1.33. The number of unbranched alkanes of at least 4 members (excludes halogenated alkanes) is 5. The molecule has 0 unspecified atom stereocenters. The molecule has 0 saturated carbocycles. The summed E-state index contributed by atoms with van der Waals surface area (Å²) in [6, 6.07) is 0. The van der Waals surface area contributed by atoms with Crippen LogP contribution >= 0.6 is 0 Å². The lowest BCUT2D eigenvalue weighted by atomic mass is 10.1. The maximum atomic E-state index is 3.86. The van der Waals surface area contributed by atoms with Gasteiger partial charge in [0.15, 0.2) is 0 Å². The van der Waals surface area contributed by atoms with Crippen molar-refractivity contribution in [3.05, 3.63) is 18.7 Å². The minimum absolute atomic E-state index is 1.01. The van der Waals surface area contributed by atoms with E-state index in [1.165, 1.54) is 38.5 Å². The van der Waals surface area contributed by atoms with Crippen molar-refractivity contribution in [1.82, 2.24) is 9.55 Å². The lowest BCUT2D eigenvalue weighted by molar-refractivity contribution is 0.624. The average molecular weight is 210 g/mol. The van der Waals surface area contributed by atoms with Crippen molar-refractivity contribution in [2.24, 2.45) is 0 Å². The first-order valence-corrected chi connectivity index (χ1v) is 6.30. The maximum Gasteiger partial charge on any atom is 0.0945 e. The molecule has 15 heavy (non-hydrogen) atoms. The van der Waals surface area contributed by atoms with E-state index in [0.29, 0.717) is 0 Å². The molecule has 0 amide bonds. The standard InChI is InChI=1S/C8H18.C5H8N2/c1-3-5-7-8-6-4-2;1-2-7-4-3-6-5-7/h3-8H2,1-2H3;3-5H,2H2,1H3. The lowest BCUT2D eigenvalue weighted by Gasteiger charge is -1.93. The number of rotatable bonds is 6. The third kappa shape index (κ3) is 9.51. The summed E-state index contributed by atoms with van der Waals surface area (Å²) < 4.78 is 2.01. The molecule has 0 aliphatic rings. The zero-order valence-electron chi connectivity index (χ0n) is 10.6. The summed E-state index contributed by atoms with van der Waals surface area (Å²) in [6.07, 6.45) is 14.0. The first kappa shape index (κ1) is 14.2. The number of hydrogen-bond donors (Lipinski definition) is 0. The number of aromatic nitrogens is 2. The highest BCUT2D eigenvalue weighted by Crippen LogP contribution is 2.03. The molecule has 0 aliphatic carbocycles. The van der Waals surface area contributed by atoms with E-state index in [4.69, 9.17) is 0 Å². The Kier molecular flexibility index (Phi) is 10.7. The van der Waals surface area contributed by atoms with Crippen molar-refractivity contribution in [3.63, 3.8) is 0 Å². The SMILES string of the molecule is CCCCCCCC.CCn1ccnc1. The molecule has 0 saturated heterocycles. The van der Waals surface area contributed by atoms with Gasteiger partial charge >= 0.3 is 0 Å². The molecule has 0 aliphatic heterocycles. The van der Waals surface area contributed by atoms with Gasteiger partial charge in [0, 0.05) is 18.9 Å². The van der Waals surface area contributed by atoms with Gasteiger partial charge in [0.25, 0.3) is 0 Å². The van der Waals surface area contributed by atoms with Crippen molar-refractivity contribution < 1.29 is 0 Å². The second kappa shape index (κ2) is 11.3. The van der Waals surface area contributed by atoms with E-state index >= 15 is 0 Å². The molecule has 1 rings (SSSR count). The molecule has 1 heterocycles. The Labute approximate surface area is 94.7 Å². The van der Waals surface area contributed by atoms with Crippen LogP contribution in [-0.2, 0) is 6.54 Å². The number of nitrogens with zero attached hydrogens (tertiary/aromatic N) is 2. The highest BCUT2D eigenvalue weighted by molar-refractivity contribution is 4.72. The molecule has 2 heteroatoms. The number of hydrogen-bond acceptors (Lipinski definition) is 1. The first-order chi connectivity index (χ1) is 7.35. The Hall–Kier alpha value is -0.790. The van der Waals surface area contributed by atoms with Gasteiger partial charge in [0.1, 0.15) is 0 Å². The van der Waals surface area contributed by atoms with Gasteiger partial charge in [-0.2, -0.15) is 0 Å². The fraction of sp³-hybridized carbons (Fsp3) is 0.769. The molecule has 0 bridgehead atoms. The molecule has 2 nitrogen and oxygen atoms in total. The Morgan fingerprint density at radius 1 is 0.933 bits per heavy atom. The van der Waals surface area contributed by atoms with E-state index < -0.39 is 0 Å². The maximum absolute atomic E-state index is 3.86. The van der Waals surface area contributed by atoms with E-state index in [2.05, 4.69) is 25.8 Å². The quantitative estimate of drug-likeness (QED) is 0.641. The van der Waals surface area contributed by atoms with Gasteiger partial charge in [-0.1, -0.05) is 52.4 Å². The zero-order valence-corrected chi connectivity index (χ0v) is 10.6. The van der Waals surface area contributed by atoms with Crippen molar-refractivity contribution in [2.75, 3.05) is 0 Å². The minimum Gasteiger partial charge on any atom is -0.338 e. The molecule has 0 radical (unpaired) electrons. The van der Waals surface area contributed by atoms with Gasteiger partial charge in [-0.15, -0.1) is 0 Å². The van der Waals surface area contributed by atoms with Crippen LogP contribution in [-0.4, -0.2) is 9.55 Å². The molecule has 0 fully saturated rings. The van der Waals surface area contributed by atoms with Gasteiger partial charge in [0.2, 0.25) is 0 Å². The predicted octanol–water partition coefficient (Wildman–Crippen LogP) is 4.27. The Morgan fingerprint density at radius 3 is 1.80 bits per heavy atom. The van der Waals surface area contributed by atoms with Crippen molar-refractivity contribution in [1.29, 1.82) is 0 Å². The van der Waals surface area contributed by atoms with E-state index in [0.717, 1.165) is 6.54 Å². The normalized spacial score (nSPS) is 9.53. The molecular weight excluding hydrogens is 184 g/mol. The molecule has 0 N–H and O–H groups in total. The van der Waals surface area contributed by atoms with Gasteiger partial charge in [0.05, 0.1) is 6.33 Å². The number of imidazole rings is 1. The fourth-order valence-electron chi connectivity index (χ4n) is 1.33. The number of aryl methyl sites for hydroxylation is 1. The summed E-state index contributed by atoms with van der Waals surface area (Å²) in [5.41, 5.74) is 0. The van der Waals surface area contributed by atoms with Gasteiger partial charge < -0.3 is 4.57 Å². The average Bonchev–Trinajstić information content (AvgIpc) is 2.78. The molecule has 0 atom stereocenters.